The lowest BCUT2D eigenvalue weighted by Gasteiger charge is -2.15. The van der Waals surface area contributed by atoms with Crippen LogP contribution < -0.4 is 15.9 Å². The van der Waals surface area contributed by atoms with E-state index in [4.69, 9.17) is 4.74 Å². The molecular weight excluding hydrogens is 328 g/mol. The van der Waals surface area contributed by atoms with Gasteiger partial charge in [0.15, 0.2) is 12.5 Å². The molecule has 5 nitrogen and oxygen atoms in total. The van der Waals surface area contributed by atoms with Gasteiger partial charge in [-0.2, -0.15) is 0 Å². The number of pyridine rings is 2. The van der Waals surface area contributed by atoms with Gasteiger partial charge in [0.2, 0.25) is 0 Å². The molecule has 0 bridgehead atoms. The highest BCUT2D eigenvalue weighted by atomic mass is 16.5. The van der Waals surface area contributed by atoms with Crippen LogP contribution in [0.25, 0.3) is 21.8 Å². The largest absolute Gasteiger partial charge is 0.468 e. The maximum Gasteiger partial charge on any atom is 0.254 e. The molecule has 0 saturated carbocycles. The van der Waals surface area contributed by atoms with E-state index in [1.165, 1.54) is 6.42 Å². The van der Waals surface area contributed by atoms with Gasteiger partial charge in [0.25, 0.3) is 11.1 Å². The van der Waals surface area contributed by atoms with Crippen LogP contribution in [0.3, 0.4) is 0 Å². The van der Waals surface area contributed by atoms with Crippen LogP contribution in [0.4, 0.5) is 0 Å². The maximum atomic E-state index is 12.7. The summed E-state index contributed by atoms with van der Waals surface area (Å²) in [7, 11) is 0. The lowest BCUT2D eigenvalue weighted by molar-refractivity contribution is 0.268. The Hall–Kier alpha value is -2.56. The molecule has 1 aliphatic heterocycles. The quantitative estimate of drug-likeness (QED) is 0.517. The molecule has 1 aromatic carbocycles. The molecule has 1 aliphatic rings. The van der Waals surface area contributed by atoms with Crippen molar-refractivity contribution in [2.75, 3.05) is 0 Å². The first kappa shape index (κ1) is 16.9. The zero-order valence-corrected chi connectivity index (χ0v) is 15.6. The number of unbranched alkanes of at least 4 members (excludes halogenated alkanes) is 3. The smallest absolute Gasteiger partial charge is 0.254 e. The molecule has 0 radical (unpaired) electrons. The molecule has 3 aromatic rings. The van der Waals surface area contributed by atoms with E-state index in [2.05, 4.69) is 13.0 Å². The number of nitrogens with zero attached hydrogens (tertiary/aromatic N) is 2. The normalized spacial score (nSPS) is 12.9. The predicted octanol–water partition coefficient (Wildman–Crippen LogP) is 3.86. The van der Waals surface area contributed by atoms with Gasteiger partial charge in [0.05, 0.1) is 11.0 Å². The topological polar surface area (TPSA) is 53.2 Å². The van der Waals surface area contributed by atoms with Crippen molar-refractivity contribution in [1.82, 2.24) is 9.13 Å². The van der Waals surface area contributed by atoms with Crippen molar-refractivity contribution in [1.29, 1.82) is 0 Å². The molecule has 0 N–H and O–H groups in total. The summed E-state index contributed by atoms with van der Waals surface area (Å²) in [5.74, 6) is 0.676. The summed E-state index contributed by atoms with van der Waals surface area (Å²) in [6.45, 7) is 6.97. The molecule has 2 aromatic heterocycles. The van der Waals surface area contributed by atoms with Gasteiger partial charge in [-0.3, -0.25) is 14.2 Å². The van der Waals surface area contributed by atoms with E-state index in [-0.39, 0.29) is 17.8 Å². The highest BCUT2D eigenvalue weighted by Gasteiger charge is 2.24. The molecule has 0 saturated heterocycles. The molecule has 0 unspecified atom stereocenters. The summed E-state index contributed by atoms with van der Waals surface area (Å²) in [5.41, 5.74) is 3.47. The molecule has 0 atom stereocenters. The molecule has 4 rings (SSSR count). The predicted molar refractivity (Wildman–Crippen MR) is 104 cm³/mol. The number of aryl methyl sites for hydroxylation is 3. The maximum absolute atomic E-state index is 12.7. The highest BCUT2D eigenvalue weighted by Crippen LogP contribution is 2.39. The third-order valence-corrected chi connectivity index (χ3v) is 5.40. The fourth-order valence-electron chi connectivity index (χ4n) is 3.99. The first-order valence-electron chi connectivity index (χ1n) is 9.37. The molecule has 0 amide bonds. The van der Waals surface area contributed by atoms with Crippen LogP contribution in [-0.2, 0) is 13.3 Å². The van der Waals surface area contributed by atoms with E-state index in [0.717, 1.165) is 52.2 Å². The number of ether oxygens (including phenoxy) is 1. The second-order valence-corrected chi connectivity index (χ2v) is 7.24. The SMILES string of the molecule is CCCCCCn1c(=O)cc(C)c2cc3c(C)cc(=O)n4c3c(c21)OC4. The molecule has 136 valence electrons. The summed E-state index contributed by atoms with van der Waals surface area (Å²) in [4.78, 5) is 25.0. The Morgan fingerprint density at radius 2 is 1.62 bits per heavy atom. The van der Waals surface area contributed by atoms with E-state index < -0.39 is 0 Å². The average Bonchev–Trinajstić information content (AvgIpc) is 3.04. The van der Waals surface area contributed by atoms with Crippen LogP contribution in [0.15, 0.2) is 27.8 Å². The minimum absolute atomic E-state index is 0.000788. The first-order valence-corrected chi connectivity index (χ1v) is 9.37. The van der Waals surface area contributed by atoms with E-state index >= 15 is 0 Å². The fraction of sp³-hybridized carbons (Fsp3) is 0.429. The summed E-state index contributed by atoms with van der Waals surface area (Å²) in [6, 6.07) is 5.47. The molecular formula is C21H24N2O3. The Kier molecular flexibility index (Phi) is 4.10. The number of hydrogen-bond acceptors (Lipinski definition) is 3. The fourth-order valence-corrected chi connectivity index (χ4v) is 3.99. The van der Waals surface area contributed by atoms with E-state index in [1.807, 2.05) is 18.4 Å². The lowest BCUT2D eigenvalue weighted by Crippen LogP contribution is -2.21. The van der Waals surface area contributed by atoms with Gasteiger partial charge in [-0.15, -0.1) is 0 Å². The van der Waals surface area contributed by atoms with Crippen molar-refractivity contribution in [2.45, 2.75) is 59.7 Å². The molecule has 0 fully saturated rings. The van der Waals surface area contributed by atoms with Crippen molar-refractivity contribution in [3.8, 4) is 5.75 Å². The number of benzene rings is 1. The number of fused-ring (bicyclic) bond motifs is 2. The minimum atomic E-state index is -0.0578. The zero-order chi connectivity index (χ0) is 18.4. The van der Waals surface area contributed by atoms with Gasteiger partial charge in [0, 0.05) is 29.4 Å². The minimum Gasteiger partial charge on any atom is -0.468 e. The third kappa shape index (κ3) is 2.45. The third-order valence-electron chi connectivity index (χ3n) is 5.40. The summed E-state index contributed by atoms with van der Waals surface area (Å²) in [5, 5.41) is 2.04. The van der Waals surface area contributed by atoms with Crippen LogP contribution in [0, 0.1) is 13.8 Å². The second kappa shape index (κ2) is 6.31. The standard InChI is InChI=1S/C21H24N2O3/c1-4-5-6-7-8-22-17(24)9-13(2)15-11-16-14(3)10-18(25)23-12-26-21(19(15)22)20(16)23/h9-11H,4-8,12H2,1-3H3. The van der Waals surface area contributed by atoms with Crippen molar-refractivity contribution < 1.29 is 4.74 Å². The number of hydrogen-bond donors (Lipinski definition) is 0. The monoisotopic (exact) mass is 352 g/mol. The van der Waals surface area contributed by atoms with E-state index in [0.29, 0.717) is 12.3 Å². The van der Waals surface area contributed by atoms with Gasteiger partial charge in [-0.25, -0.2) is 0 Å². The Balaban J connectivity index is 2.04. The van der Waals surface area contributed by atoms with Crippen molar-refractivity contribution in [3.63, 3.8) is 0 Å². The van der Waals surface area contributed by atoms with Gasteiger partial charge in [-0.05, 0) is 37.5 Å². The van der Waals surface area contributed by atoms with E-state index in [9.17, 15) is 9.59 Å². The van der Waals surface area contributed by atoms with Crippen LogP contribution in [0.5, 0.6) is 5.75 Å². The Bertz CT molecular complexity index is 1140. The van der Waals surface area contributed by atoms with Gasteiger partial charge >= 0.3 is 0 Å². The Morgan fingerprint density at radius 1 is 0.923 bits per heavy atom. The Labute approximate surface area is 151 Å². The average molecular weight is 352 g/mol. The highest BCUT2D eigenvalue weighted by molar-refractivity contribution is 6.05. The van der Waals surface area contributed by atoms with Crippen LogP contribution in [-0.4, -0.2) is 9.13 Å². The summed E-state index contributed by atoms with van der Waals surface area (Å²) >= 11 is 0. The lowest BCUT2D eigenvalue weighted by atomic mass is 10.0. The first-order chi connectivity index (χ1) is 12.5. The van der Waals surface area contributed by atoms with Crippen LogP contribution >= 0.6 is 0 Å². The van der Waals surface area contributed by atoms with Crippen molar-refractivity contribution in [2.24, 2.45) is 0 Å². The van der Waals surface area contributed by atoms with Crippen molar-refractivity contribution >= 4 is 21.8 Å². The molecule has 3 heterocycles. The van der Waals surface area contributed by atoms with E-state index in [1.54, 1.807) is 16.7 Å². The number of aromatic nitrogens is 2. The molecule has 26 heavy (non-hydrogen) atoms. The number of rotatable bonds is 5. The molecule has 0 spiro atoms. The van der Waals surface area contributed by atoms with Crippen molar-refractivity contribution in [3.05, 3.63) is 50.0 Å². The summed E-state index contributed by atoms with van der Waals surface area (Å²) in [6.07, 6.45) is 4.40. The van der Waals surface area contributed by atoms with Gasteiger partial charge in [0.1, 0.15) is 0 Å². The second-order valence-electron chi connectivity index (χ2n) is 7.24. The Morgan fingerprint density at radius 3 is 2.35 bits per heavy atom. The van der Waals surface area contributed by atoms with Crippen LogP contribution in [0.2, 0.25) is 0 Å². The molecule has 5 heteroatoms. The summed E-state index contributed by atoms with van der Waals surface area (Å²) < 4.78 is 9.43. The zero-order valence-electron chi connectivity index (χ0n) is 15.6. The molecule has 0 aliphatic carbocycles. The van der Waals surface area contributed by atoms with Gasteiger partial charge < -0.3 is 9.30 Å². The van der Waals surface area contributed by atoms with Crippen LogP contribution in [0.1, 0.15) is 43.7 Å². The van der Waals surface area contributed by atoms with Gasteiger partial charge in [-0.1, -0.05) is 26.2 Å².